The predicted octanol–water partition coefficient (Wildman–Crippen LogP) is 1.47. The second kappa shape index (κ2) is 4.68. The van der Waals surface area contributed by atoms with Crippen LogP contribution >= 0.6 is 0 Å². The number of benzene rings is 1. The molecule has 82 valence electrons. The van der Waals surface area contributed by atoms with E-state index >= 15 is 0 Å². The molecule has 1 atom stereocenters. The summed E-state index contributed by atoms with van der Waals surface area (Å²) in [5, 5.41) is 18.6. The molecule has 0 saturated carbocycles. The number of phenolic OH excluding ortho intramolecular Hbond substituents is 2. The van der Waals surface area contributed by atoms with Crippen molar-refractivity contribution in [2.75, 3.05) is 0 Å². The van der Waals surface area contributed by atoms with Crippen molar-refractivity contribution in [3.05, 3.63) is 23.8 Å². The van der Waals surface area contributed by atoms with Gasteiger partial charge < -0.3 is 15.9 Å². The number of hydrogen-bond acceptors (Lipinski definition) is 3. The number of hydrogen-bond donors (Lipinski definition) is 3. The third-order valence-corrected chi connectivity index (χ3v) is 2.25. The van der Waals surface area contributed by atoms with E-state index in [-0.39, 0.29) is 11.5 Å². The number of amides is 1. The molecule has 0 aliphatic heterocycles. The highest BCUT2D eigenvalue weighted by atomic mass is 16.3. The quantitative estimate of drug-likeness (QED) is 0.702. The molecule has 0 bridgehead atoms. The van der Waals surface area contributed by atoms with Crippen LogP contribution in [-0.2, 0) is 4.79 Å². The highest BCUT2D eigenvalue weighted by molar-refractivity contribution is 5.82. The van der Waals surface area contributed by atoms with Crippen molar-refractivity contribution in [2.45, 2.75) is 25.7 Å². The Kier molecular flexibility index (Phi) is 3.55. The summed E-state index contributed by atoms with van der Waals surface area (Å²) >= 11 is 0. The molecular weight excluding hydrogens is 194 g/mol. The highest BCUT2D eigenvalue weighted by Gasteiger charge is 2.17. The summed E-state index contributed by atoms with van der Waals surface area (Å²) in [6, 6.07) is 4.11. The fraction of sp³-hybridized carbons (Fsp3) is 0.364. The molecule has 15 heavy (non-hydrogen) atoms. The molecule has 0 aromatic heterocycles. The number of carbonyl (C=O) groups excluding carboxylic acids is 1. The van der Waals surface area contributed by atoms with E-state index in [9.17, 15) is 15.0 Å². The maximum atomic E-state index is 11.2. The van der Waals surface area contributed by atoms with E-state index in [4.69, 9.17) is 5.73 Å². The van der Waals surface area contributed by atoms with Crippen molar-refractivity contribution >= 4 is 5.91 Å². The molecule has 1 aromatic carbocycles. The van der Waals surface area contributed by atoms with Gasteiger partial charge in [0.25, 0.3) is 0 Å². The van der Waals surface area contributed by atoms with Crippen molar-refractivity contribution in [3.8, 4) is 11.5 Å². The predicted molar refractivity (Wildman–Crippen MR) is 56.6 cm³/mol. The summed E-state index contributed by atoms with van der Waals surface area (Å²) in [7, 11) is 0. The Balaban J connectivity index is 3.05. The number of nitrogens with two attached hydrogens (primary N) is 1. The van der Waals surface area contributed by atoms with E-state index in [1.165, 1.54) is 18.2 Å². The summed E-state index contributed by atoms with van der Waals surface area (Å²) in [4.78, 5) is 11.2. The van der Waals surface area contributed by atoms with Crippen LogP contribution in [0.5, 0.6) is 11.5 Å². The summed E-state index contributed by atoms with van der Waals surface area (Å²) in [6.45, 7) is 1.94. The number of aromatic hydroxyl groups is 2. The van der Waals surface area contributed by atoms with Gasteiger partial charge in [-0.1, -0.05) is 13.3 Å². The average molecular weight is 209 g/mol. The van der Waals surface area contributed by atoms with Gasteiger partial charge in [-0.3, -0.25) is 4.79 Å². The maximum absolute atomic E-state index is 11.2. The zero-order chi connectivity index (χ0) is 11.4. The first kappa shape index (κ1) is 11.4. The monoisotopic (exact) mass is 209 g/mol. The molecule has 0 radical (unpaired) electrons. The Morgan fingerprint density at radius 3 is 2.27 bits per heavy atom. The Bertz CT molecular complexity index is 343. The van der Waals surface area contributed by atoms with E-state index in [2.05, 4.69) is 0 Å². The van der Waals surface area contributed by atoms with Crippen LogP contribution in [0, 0.1) is 0 Å². The molecule has 4 nitrogen and oxygen atoms in total. The van der Waals surface area contributed by atoms with Crippen LogP contribution in [0.3, 0.4) is 0 Å². The van der Waals surface area contributed by atoms with Gasteiger partial charge in [-0.25, -0.2) is 0 Å². The highest BCUT2D eigenvalue weighted by Crippen LogP contribution is 2.28. The van der Waals surface area contributed by atoms with Crippen LogP contribution in [0.2, 0.25) is 0 Å². The Labute approximate surface area is 88.3 Å². The van der Waals surface area contributed by atoms with E-state index < -0.39 is 11.8 Å². The van der Waals surface area contributed by atoms with Gasteiger partial charge in [0.15, 0.2) is 0 Å². The fourth-order valence-corrected chi connectivity index (χ4v) is 1.58. The first-order valence-electron chi connectivity index (χ1n) is 4.86. The largest absolute Gasteiger partial charge is 0.508 e. The first-order valence-corrected chi connectivity index (χ1v) is 4.86. The normalized spacial score (nSPS) is 12.3. The van der Waals surface area contributed by atoms with Gasteiger partial charge in [0, 0.05) is 6.07 Å². The van der Waals surface area contributed by atoms with Crippen molar-refractivity contribution < 1.29 is 15.0 Å². The fourth-order valence-electron chi connectivity index (χ4n) is 1.58. The minimum atomic E-state index is -0.451. The maximum Gasteiger partial charge on any atom is 0.224 e. The minimum Gasteiger partial charge on any atom is -0.508 e. The molecule has 1 rings (SSSR count). The van der Waals surface area contributed by atoms with Gasteiger partial charge in [-0.05, 0) is 24.1 Å². The Morgan fingerprint density at radius 2 is 1.87 bits per heavy atom. The lowest BCUT2D eigenvalue weighted by Crippen LogP contribution is -2.21. The molecule has 0 saturated heterocycles. The van der Waals surface area contributed by atoms with Crippen LogP contribution in [0.4, 0.5) is 0 Å². The standard InChI is InChI=1S/C11H15NO3/c1-2-3-10(11(12)15)7-4-8(13)6-9(14)5-7/h4-6,10,13-14H,2-3H2,1H3,(H2,12,15). The zero-order valence-electron chi connectivity index (χ0n) is 8.60. The SMILES string of the molecule is CCCC(C(N)=O)c1cc(O)cc(O)c1. The van der Waals surface area contributed by atoms with Crippen molar-refractivity contribution in [1.29, 1.82) is 0 Å². The topological polar surface area (TPSA) is 83.6 Å². The molecule has 4 heteroatoms. The average Bonchev–Trinajstić information content (AvgIpc) is 2.11. The lowest BCUT2D eigenvalue weighted by Gasteiger charge is -2.13. The van der Waals surface area contributed by atoms with E-state index in [1.807, 2.05) is 6.92 Å². The van der Waals surface area contributed by atoms with Crippen LogP contribution in [0.25, 0.3) is 0 Å². The second-order valence-corrected chi connectivity index (χ2v) is 3.53. The van der Waals surface area contributed by atoms with Gasteiger partial charge in [0.2, 0.25) is 5.91 Å². The van der Waals surface area contributed by atoms with E-state index in [0.717, 1.165) is 6.42 Å². The number of carbonyl (C=O) groups is 1. The van der Waals surface area contributed by atoms with Gasteiger partial charge in [-0.15, -0.1) is 0 Å². The number of phenols is 2. The smallest absolute Gasteiger partial charge is 0.224 e. The molecule has 0 aliphatic carbocycles. The molecule has 0 heterocycles. The van der Waals surface area contributed by atoms with E-state index in [1.54, 1.807) is 0 Å². The molecule has 1 aromatic rings. The molecule has 1 unspecified atom stereocenters. The lowest BCUT2D eigenvalue weighted by molar-refractivity contribution is -0.119. The van der Waals surface area contributed by atoms with Crippen molar-refractivity contribution in [3.63, 3.8) is 0 Å². The lowest BCUT2D eigenvalue weighted by atomic mass is 9.93. The molecule has 1 amide bonds. The Hall–Kier alpha value is -1.71. The van der Waals surface area contributed by atoms with Gasteiger partial charge in [0.05, 0.1) is 5.92 Å². The van der Waals surface area contributed by atoms with Crippen LogP contribution < -0.4 is 5.73 Å². The Morgan fingerprint density at radius 1 is 1.33 bits per heavy atom. The molecule has 4 N–H and O–H groups in total. The van der Waals surface area contributed by atoms with Crippen LogP contribution in [0.15, 0.2) is 18.2 Å². The van der Waals surface area contributed by atoms with Crippen molar-refractivity contribution in [2.24, 2.45) is 5.73 Å². The summed E-state index contributed by atoms with van der Waals surface area (Å²) in [5.41, 5.74) is 5.81. The van der Waals surface area contributed by atoms with Crippen LogP contribution in [-0.4, -0.2) is 16.1 Å². The van der Waals surface area contributed by atoms with Gasteiger partial charge in [0.1, 0.15) is 11.5 Å². The first-order chi connectivity index (χ1) is 7.04. The molecule has 0 fully saturated rings. The number of rotatable bonds is 4. The molecule has 0 aliphatic rings. The molecule has 0 spiro atoms. The number of primary amides is 1. The third kappa shape index (κ3) is 2.87. The molecular formula is C11H15NO3. The van der Waals surface area contributed by atoms with Gasteiger partial charge >= 0.3 is 0 Å². The summed E-state index contributed by atoms with van der Waals surface area (Å²) in [6.07, 6.45) is 1.42. The zero-order valence-corrected chi connectivity index (χ0v) is 8.60. The van der Waals surface area contributed by atoms with Crippen LogP contribution in [0.1, 0.15) is 31.2 Å². The third-order valence-electron chi connectivity index (χ3n) is 2.25. The second-order valence-electron chi connectivity index (χ2n) is 3.53. The summed E-state index contributed by atoms with van der Waals surface area (Å²) < 4.78 is 0. The van der Waals surface area contributed by atoms with Crippen molar-refractivity contribution in [1.82, 2.24) is 0 Å². The minimum absolute atomic E-state index is 0.0626. The van der Waals surface area contributed by atoms with E-state index in [0.29, 0.717) is 12.0 Å². The summed E-state index contributed by atoms with van der Waals surface area (Å²) in [5.74, 6) is -1.02. The van der Waals surface area contributed by atoms with Gasteiger partial charge in [-0.2, -0.15) is 0 Å².